The van der Waals surface area contributed by atoms with Gasteiger partial charge in [-0.05, 0) is 25.8 Å². The highest BCUT2D eigenvalue weighted by Gasteiger charge is 2.26. The summed E-state index contributed by atoms with van der Waals surface area (Å²) in [5, 5.41) is 8.92. The lowest BCUT2D eigenvalue weighted by atomic mass is 10.2. The van der Waals surface area contributed by atoms with Crippen LogP contribution in [0, 0.1) is 6.92 Å². The van der Waals surface area contributed by atoms with Crippen molar-refractivity contribution in [1.82, 2.24) is 4.98 Å². The molecule has 1 aromatic rings. The van der Waals surface area contributed by atoms with E-state index in [1.165, 1.54) is 12.3 Å². The van der Waals surface area contributed by atoms with E-state index in [1.807, 2.05) is 0 Å². The van der Waals surface area contributed by atoms with Crippen LogP contribution in [0.2, 0.25) is 0 Å². The summed E-state index contributed by atoms with van der Waals surface area (Å²) in [7, 11) is 0. The van der Waals surface area contributed by atoms with Crippen LogP contribution in [-0.4, -0.2) is 22.2 Å². The van der Waals surface area contributed by atoms with Crippen LogP contribution in [0.1, 0.15) is 28.9 Å². The maximum Gasteiger partial charge on any atom is 0.339 e. The number of aryl methyl sites for hydroxylation is 1. The summed E-state index contributed by atoms with van der Waals surface area (Å²) >= 11 is 0. The summed E-state index contributed by atoms with van der Waals surface area (Å²) in [6.45, 7) is 1.75. The summed E-state index contributed by atoms with van der Waals surface area (Å²) in [4.78, 5) is 14.9. The molecule has 2 rings (SSSR count). The molecule has 1 aromatic heterocycles. The summed E-state index contributed by atoms with van der Waals surface area (Å²) in [6, 6.07) is 1.47. The normalized spacial score (nSPS) is 15.2. The van der Waals surface area contributed by atoms with Crippen molar-refractivity contribution >= 4 is 5.97 Å². The Morgan fingerprint density at radius 3 is 2.93 bits per heavy atom. The van der Waals surface area contributed by atoms with E-state index in [2.05, 4.69) is 4.98 Å². The quantitative estimate of drug-likeness (QED) is 0.792. The second-order valence-electron chi connectivity index (χ2n) is 3.40. The zero-order valence-corrected chi connectivity index (χ0v) is 7.86. The minimum Gasteiger partial charge on any atom is -0.488 e. The number of aromatic nitrogens is 1. The van der Waals surface area contributed by atoms with Crippen molar-refractivity contribution in [3.8, 4) is 5.75 Å². The molecule has 0 radical (unpaired) electrons. The first kappa shape index (κ1) is 8.99. The third-order valence-corrected chi connectivity index (χ3v) is 2.12. The highest BCUT2D eigenvalue weighted by Crippen LogP contribution is 2.30. The van der Waals surface area contributed by atoms with Gasteiger partial charge in [-0.2, -0.15) is 0 Å². The summed E-state index contributed by atoms with van der Waals surface area (Å²) < 4.78 is 5.51. The number of carboxylic acids is 1. The third-order valence-electron chi connectivity index (χ3n) is 2.12. The van der Waals surface area contributed by atoms with Crippen molar-refractivity contribution in [2.24, 2.45) is 0 Å². The zero-order chi connectivity index (χ0) is 10.1. The number of rotatable bonds is 3. The van der Waals surface area contributed by atoms with Gasteiger partial charge in [-0.25, -0.2) is 4.79 Å². The van der Waals surface area contributed by atoms with Crippen molar-refractivity contribution in [3.05, 3.63) is 23.5 Å². The van der Waals surface area contributed by atoms with E-state index in [1.54, 1.807) is 6.92 Å². The molecular weight excluding hydrogens is 182 g/mol. The predicted molar refractivity (Wildman–Crippen MR) is 49.6 cm³/mol. The van der Waals surface area contributed by atoms with Gasteiger partial charge in [-0.1, -0.05) is 0 Å². The number of aromatic carboxylic acids is 1. The van der Waals surface area contributed by atoms with E-state index in [4.69, 9.17) is 9.84 Å². The second kappa shape index (κ2) is 3.29. The molecule has 1 N–H and O–H groups in total. The molecule has 0 atom stereocenters. The summed E-state index contributed by atoms with van der Waals surface area (Å²) in [5.41, 5.74) is 0.834. The van der Waals surface area contributed by atoms with Crippen molar-refractivity contribution in [2.75, 3.05) is 0 Å². The first-order valence-electron chi connectivity index (χ1n) is 4.54. The molecule has 1 heterocycles. The van der Waals surface area contributed by atoms with Gasteiger partial charge in [-0.15, -0.1) is 0 Å². The Labute approximate surface area is 81.5 Å². The molecule has 0 bridgehead atoms. The molecule has 4 heteroatoms. The molecule has 1 saturated carbocycles. The lowest BCUT2D eigenvalue weighted by Crippen LogP contribution is -2.07. The molecule has 0 aliphatic heterocycles. The van der Waals surface area contributed by atoms with Crippen LogP contribution in [0.5, 0.6) is 5.75 Å². The lowest BCUT2D eigenvalue weighted by molar-refractivity contribution is 0.0691. The van der Waals surface area contributed by atoms with E-state index in [-0.39, 0.29) is 11.7 Å². The summed E-state index contributed by atoms with van der Waals surface area (Å²) in [6.07, 6.45) is 3.69. The fourth-order valence-corrected chi connectivity index (χ4v) is 1.22. The first-order chi connectivity index (χ1) is 6.68. The molecule has 4 nitrogen and oxygen atoms in total. The predicted octanol–water partition coefficient (Wildman–Crippen LogP) is 1.63. The molecule has 0 aromatic carbocycles. The zero-order valence-electron chi connectivity index (χ0n) is 7.86. The molecule has 0 amide bonds. The fourth-order valence-electron chi connectivity index (χ4n) is 1.22. The van der Waals surface area contributed by atoms with E-state index >= 15 is 0 Å². The standard InChI is InChI=1S/C10H11NO3/c1-6-9(14-7-2-3-7)8(10(12)13)4-5-11-6/h4-5,7H,2-3H2,1H3,(H,12,13). The van der Waals surface area contributed by atoms with Gasteiger partial charge in [0, 0.05) is 6.20 Å². The maximum atomic E-state index is 10.9. The van der Waals surface area contributed by atoms with Gasteiger partial charge in [0.1, 0.15) is 5.56 Å². The minimum absolute atomic E-state index is 0.191. The average molecular weight is 193 g/mol. The third kappa shape index (κ3) is 1.69. The molecule has 1 aliphatic carbocycles. The van der Waals surface area contributed by atoms with Gasteiger partial charge in [0.05, 0.1) is 11.8 Å². The SMILES string of the molecule is Cc1nccc(C(=O)O)c1OC1CC1. The Balaban J connectivity index is 2.36. The van der Waals surface area contributed by atoms with Gasteiger partial charge in [0.15, 0.2) is 5.75 Å². The smallest absolute Gasteiger partial charge is 0.339 e. The van der Waals surface area contributed by atoms with E-state index in [9.17, 15) is 4.79 Å². The minimum atomic E-state index is -0.967. The Bertz CT molecular complexity index is 372. The number of hydrogen-bond donors (Lipinski definition) is 1. The van der Waals surface area contributed by atoms with Gasteiger partial charge in [0.2, 0.25) is 0 Å². The number of nitrogens with zero attached hydrogens (tertiary/aromatic N) is 1. The highest BCUT2D eigenvalue weighted by molar-refractivity contribution is 5.91. The van der Waals surface area contributed by atoms with Crippen molar-refractivity contribution in [3.63, 3.8) is 0 Å². The van der Waals surface area contributed by atoms with Crippen molar-refractivity contribution < 1.29 is 14.6 Å². The first-order valence-corrected chi connectivity index (χ1v) is 4.54. The lowest BCUT2D eigenvalue weighted by Gasteiger charge is -2.09. The van der Waals surface area contributed by atoms with Gasteiger partial charge >= 0.3 is 5.97 Å². The Morgan fingerprint density at radius 1 is 1.64 bits per heavy atom. The van der Waals surface area contributed by atoms with Crippen LogP contribution >= 0.6 is 0 Å². The van der Waals surface area contributed by atoms with Crippen LogP contribution in [0.3, 0.4) is 0 Å². The van der Waals surface area contributed by atoms with E-state index < -0.39 is 5.97 Å². The number of hydrogen-bond acceptors (Lipinski definition) is 3. The van der Waals surface area contributed by atoms with Gasteiger partial charge < -0.3 is 9.84 Å². The summed E-state index contributed by atoms with van der Waals surface area (Å²) in [5.74, 6) is -0.548. The monoisotopic (exact) mass is 193 g/mol. The number of carbonyl (C=O) groups is 1. The Morgan fingerprint density at radius 2 is 2.36 bits per heavy atom. The number of ether oxygens (including phenoxy) is 1. The largest absolute Gasteiger partial charge is 0.488 e. The molecule has 1 fully saturated rings. The average Bonchev–Trinajstić information content (AvgIpc) is 2.91. The topological polar surface area (TPSA) is 59.4 Å². The maximum absolute atomic E-state index is 10.9. The molecule has 74 valence electrons. The molecule has 0 spiro atoms. The highest BCUT2D eigenvalue weighted by atomic mass is 16.5. The van der Waals surface area contributed by atoms with E-state index in [0.717, 1.165) is 12.8 Å². The van der Waals surface area contributed by atoms with Crippen molar-refractivity contribution in [2.45, 2.75) is 25.9 Å². The van der Waals surface area contributed by atoms with Gasteiger partial charge in [0.25, 0.3) is 0 Å². The van der Waals surface area contributed by atoms with Crippen LogP contribution in [0.15, 0.2) is 12.3 Å². The number of pyridine rings is 1. The molecule has 14 heavy (non-hydrogen) atoms. The molecule has 1 aliphatic rings. The van der Waals surface area contributed by atoms with Crippen LogP contribution in [0.4, 0.5) is 0 Å². The van der Waals surface area contributed by atoms with Gasteiger partial charge in [-0.3, -0.25) is 4.98 Å². The van der Waals surface area contributed by atoms with Crippen LogP contribution in [-0.2, 0) is 0 Å². The van der Waals surface area contributed by atoms with Crippen molar-refractivity contribution in [1.29, 1.82) is 0 Å². The van der Waals surface area contributed by atoms with Crippen LogP contribution < -0.4 is 4.74 Å². The number of carboxylic acid groups (broad SMARTS) is 1. The fraction of sp³-hybridized carbons (Fsp3) is 0.400. The molecule has 0 unspecified atom stereocenters. The van der Waals surface area contributed by atoms with E-state index in [0.29, 0.717) is 11.4 Å². The second-order valence-corrected chi connectivity index (χ2v) is 3.40. The Hall–Kier alpha value is -1.58. The molecular formula is C10H11NO3. The van der Waals surface area contributed by atoms with Crippen LogP contribution in [0.25, 0.3) is 0 Å². The molecule has 0 saturated heterocycles. The Kier molecular flexibility index (Phi) is 2.11.